The molecule has 1 saturated heterocycles. The molecule has 0 atom stereocenters. The summed E-state index contributed by atoms with van der Waals surface area (Å²) < 4.78 is 5.25. The van der Waals surface area contributed by atoms with Gasteiger partial charge in [0.25, 0.3) is 0 Å². The maximum Gasteiger partial charge on any atom is 0.0468 e. The molecule has 0 aromatic heterocycles. The van der Waals surface area contributed by atoms with Gasteiger partial charge in [-0.15, -0.1) is 0 Å². The summed E-state index contributed by atoms with van der Waals surface area (Å²) in [5.41, 5.74) is 0. The lowest BCUT2D eigenvalue weighted by molar-refractivity contribution is 0.0637. The van der Waals surface area contributed by atoms with Crippen molar-refractivity contribution in [2.24, 2.45) is 5.92 Å². The van der Waals surface area contributed by atoms with Gasteiger partial charge in [-0.3, -0.25) is 0 Å². The van der Waals surface area contributed by atoms with Crippen molar-refractivity contribution in [1.29, 1.82) is 0 Å². The Morgan fingerprint density at radius 2 is 2.11 bits per heavy atom. The minimum atomic E-state index is 0. The average molecular weight is 130 g/mol. The Labute approximate surface area is 58.9 Å². The van der Waals surface area contributed by atoms with E-state index < -0.39 is 0 Å². The van der Waals surface area contributed by atoms with E-state index in [9.17, 15) is 0 Å². The van der Waals surface area contributed by atoms with E-state index in [0.29, 0.717) is 0 Å². The Morgan fingerprint density at radius 3 is 2.67 bits per heavy atom. The Balaban J connectivity index is 0.000000810. The number of hydrogen-bond acceptors (Lipinski definition) is 1. The van der Waals surface area contributed by atoms with Crippen LogP contribution in [0.4, 0.5) is 0 Å². The van der Waals surface area contributed by atoms with Gasteiger partial charge in [0.2, 0.25) is 0 Å². The molecule has 56 valence electrons. The maximum absolute atomic E-state index is 5.25. The minimum Gasteiger partial charge on any atom is -0.381 e. The molecule has 0 unspecified atom stereocenters. The smallest absolute Gasteiger partial charge is 0.0468 e. The summed E-state index contributed by atoms with van der Waals surface area (Å²) >= 11 is 0. The van der Waals surface area contributed by atoms with Crippen molar-refractivity contribution in [1.82, 2.24) is 0 Å². The van der Waals surface area contributed by atoms with Crippen molar-refractivity contribution in [2.75, 3.05) is 13.2 Å². The van der Waals surface area contributed by atoms with Gasteiger partial charge < -0.3 is 4.74 Å². The van der Waals surface area contributed by atoms with Gasteiger partial charge in [0.1, 0.15) is 0 Å². The third-order valence-corrected chi connectivity index (χ3v) is 2.04. The van der Waals surface area contributed by atoms with Crippen LogP contribution in [0.2, 0.25) is 0 Å². The fraction of sp³-hybridized carbons (Fsp3) is 1.00. The van der Waals surface area contributed by atoms with Gasteiger partial charge in [-0.1, -0.05) is 19.8 Å². The van der Waals surface area contributed by atoms with Crippen LogP contribution in [0.25, 0.3) is 0 Å². The molecule has 9 heavy (non-hydrogen) atoms. The van der Waals surface area contributed by atoms with Crippen LogP contribution in [-0.4, -0.2) is 13.2 Å². The SMILES string of the molecule is CCCC1CCOCC1.[HH]. The summed E-state index contributed by atoms with van der Waals surface area (Å²) in [5, 5.41) is 0. The highest BCUT2D eigenvalue weighted by Gasteiger charge is 2.11. The van der Waals surface area contributed by atoms with Crippen molar-refractivity contribution in [3.8, 4) is 0 Å². The van der Waals surface area contributed by atoms with Gasteiger partial charge in [0.05, 0.1) is 0 Å². The molecule has 1 aliphatic rings. The van der Waals surface area contributed by atoms with Crippen LogP contribution in [0.15, 0.2) is 0 Å². The average Bonchev–Trinajstić information content (AvgIpc) is 1.91. The molecule has 0 bridgehead atoms. The highest BCUT2D eigenvalue weighted by Crippen LogP contribution is 2.19. The number of rotatable bonds is 2. The monoisotopic (exact) mass is 130 g/mol. The molecule has 1 heteroatoms. The molecule has 0 aromatic carbocycles. The van der Waals surface area contributed by atoms with Gasteiger partial charge in [-0.25, -0.2) is 0 Å². The molecule has 1 heterocycles. The van der Waals surface area contributed by atoms with E-state index in [2.05, 4.69) is 6.92 Å². The normalized spacial score (nSPS) is 22.3. The van der Waals surface area contributed by atoms with Crippen molar-refractivity contribution in [3.63, 3.8) is 0 Å². The first-order valence-corrected chi connectivity index (χ1v) is 4.01. The van der Waals surface area contributed by atoms with E-state index in [0.717, 1.165) is 19.1 Å². The van der Waals surface area contributed by atoms with Crippen molar-refractivity contribution in [2.45, 2.75) is 32.6 Å². The fourth-order valence-corrected chi connectivity index (χ4v) is 1.44. The van der Waals surface area contributed by atoms with Crippen LogP contribution in [0.1, 0.15) is 34.0 Å². The zero-order valence-electron chi connectivity index (χ0n) is 6.23. The molecule has 0 spiro atoms. The summed E-state index contributed by atoms with van der Waals surface area (Å²) in [5.74, 6) is 0.976. The lowest BCUT2D eigenvalue weighted by atomic mass is 9.95. The van der Waals surface area contributed by atoms with Crippen molar-refractivity contribution in [3.05, 3.63) is 0 Å². The third kappa shape index (κ3) is 2.35. The Bertz CT molecular complexity index is 66.9. The molecule has 1 rings (SSSR count). The summed E-state index contributed by atoms with van der Waals surface area (Å²) in [6, 6.07) is 0. The first kappa shape index (κ1) is 7.07. The van der Waals surface area contributed by atoms with E-state index in [-0.39, 0.29) is 1.43 Å². The minimum absolute atomic E-state index is 0. The van der Waals surface area contributed by atoms with Crippen molar-refractivity contribution >= 4 is 0 Å². The van der Waals surface area contributed by atoms with E-state index in [1.165, 1.54) is 25.7 Å². The van der Waals surface area contributed by atoms with Gasteiger partial charge >= 0.3 is 0 Å². The predicted octanol–water partition coefficient (Wildman–Crippen LogP) is 2.46. The van der Waals surface area contributed by atoms with Crippen LogP contribution in [0, 0.1) is 5.92 Å². The fourth-order valence-electron chi connectivity index (χ4n) is 1.44. The first-order valence-electron chi connectivity index (χ1n) is 4.01. The highest BCUT2D eigenvalue weighted by molar-refractivity contribution is 4.61. The topological polar surface area (TPSA) is 9.23 Å². The van der Waals surface area contributed by atoms with Crippen LogP contribution < -0.4 is 0 Å². The van der Waals surface area contributed by atoms with Gasteiger partial charge in [0, 0.05) is 14.6 Å². The van der Waals surface area contributed by atoms with Gasteiger partial charge in [-0.2, -0.15) is 0 Å². The quantitative estimate of drug-likeness (QED) is 0.558. The van der Waals surface area contributed by atoms with E-state index in [4.69, 9.17) is 4.74 Å². The Hall–Kier alpha value is -0.0400. The first-order chi connectivity index (χ1) is 4.43. The standard InChI is InChI=1S/C8H16O.H2/c1-2-3-8-4-6-9-7-5-8;/h8H,2-7H2,1H3;1H. The van der Waals surface area contributed by atoms with Crippen LogP contribution in [0.3, 0.4) is 0 Å². The van der Waals surface area contributed by atoms with Gasteiger partial charge in [-0.05, 0) is 18.8 Å². The zero-order valence-corrected chi connectivity index (χ0v) is 6.23. The largest absolute Gasteiger partial charge is 0.381 e. The van der Waals surface area contributed by atoms with Gasteiger partial charge in [0.15, 0.2) is 0 Å². The van der Waals surface area contributed by atoms with Crippen LogP contribution in [0.5, 0.6) is 0 Å². The molecular formula is C8H18O. The van der Waals surface area contributed by atoms with E-state index in [1.807, 2.05) is 0 Å². The van der Waals surface area contributed by atoms with E-state index in [1.54, 1.807) is 0 Å². The second kappa shape index (κ2) is 3.89. The number of hydrogen-bond donors (Lipinski definition) is 0. The Kier molecular flexibility index (Phi) is 3.05. The molecule has 0 N–H and O–H groups in total. The summed E-state index contributed by atoms with van der Waals surface area (Å²) in [6.45, 7) is 4.27. The molecule has 0 radical (unpaired) electrons. The summed E-state index contributed by atoms with van der Waals surface area (Å²) in [4.78, 5) is 0. The molecule has 0 aromatic rings. The van der Waals surface area contributed by atoms with E-state index >= 15 is 0 Å². The predicted molar refractivity (Wildman–Crippen MR) is 40.6 cm³/mol. The molecule has 1 nitrogen and oxygen atoms in total. The zero-order chi connectivity index (χ0) is 6.53. The molecule has 1 aliphatic heterocycles. The second-order valence-electron chi connectivity index (χ2n) is 2.84. The summed E-state index contributed by atoms with van der Waals surface area (Å²) in [7, 11) is 0. The molecular weight excluding hydrogens is 112 g/mol. The lowest BCUT2D eigenvalue weighted by Crippen LogP contribution is -2.14. The highest BCUT2D eigenvalue weighted by atomic mass is 16.5. The van der Waals surface area contributed by atoms with Crippen molar-refractivity contribution < 1.29 is 6.16 Å². The molecule has 0 aliphatic carbocycles. The maximum atomic E-state index is 5.25. The van der Waals surface area contributed by atoms with Crippen LogP contribution >= 0.6 is 0 Å². The molecule has 0 amide bonds. The molecule has 1 fully saturated rings. The number of ether oxygens (including phenoxy) is 1. The second-order valence-corrected chi connectivity index (χ2v) is 2.84. The molecule has 0 saturated carbocycles. The Morgan fingerprint density at radius 1 is 1.44 bits per heavy atom. The van der Waals surface area contributed by atoms with Crippen LogP contribution in [-0.2, 0) is 4.74 Å². The lowest BCUT2D eigenvalue weighted by Gasteiger charge is -2.20. The summed E-state index contributed by atoms with van der Waals surface area (Å²) in [6.07, 6.45) is 5.34. The third-order valence-electron chi connectivity index (χ3n) is 2.04.